The Labute approximate surface area is 126 Å². The molecule has 0 spiro atoms. The summed E-state index contributed by atoms with van der Waals surface area (Å²) >= 11 is 0. The fraction of sp³-hybridized carbons (Fsp3) is 0.278. The van der Waals surface area contributed by atoms with Gasteiger partial charge < -0.3 is 10.1 Å². The largest absolute Gasteiger partial charge is 0.491 e. The highest BCUT2D eigenvalue weighted by molar-refractivity contribution is 5.94. The predicted molar refractivity (Wildman–Crippen MR) is 84.4 cm³/mol. The molecule has 1 atom stereocenters. The van der Waals surface area contributed by atoms with Gasteiger partial charge in [-0.2, -0.15) is 0 Å². The standard InChI is InChI=1S/C18H21NO2/c1-3-14(2)21-17-11-9-16(10-12-17)18(20)19-13-15-7-5-4-6-8-15/h4-12,14H,3,13H2,1-2H3,(H,19,20). The Hall–Kier alpha value is -2.29. The number of amides is 1. The first-order chi connectivity index (χ1) is 10.2. The van der Waals surface area contributed by atoms with E-state index in [2.05, 4.69) is 12.2 Å². The summed E-state index contributed by atoms with van der Waals surface area (Å²) in [5.41, 5.74) is 1.73. The van der Waals surface area contributed by atoms with E-state index in [9.17, 15) is 4.79 Å². The molecule has 1 amide bonds. The van der Waals surface area contributed by atoms with Crippen LogP contribution in [0, 0.1) is 0 Å². The zero-order valence-electron chi connectivity index (χ0n) is 12.5. The van der Waals surface area contributed by atoms with E-state index in [4.69, 9.17) is 4.74 Å². The Morgan fingerprint density at radius 1 is 1.10 bits per heavy atom. The molecule has 110 valence electrons. The van der Waals surface area contributed by atoms with Gasteiger partial charge >= 0.3 is 0 Å². The third-order valence-electron chi connectivity index (χ3n) is 3.32. The minimum Gasteiger partial charge on any atom is -0.491 e. The van der Waals surface area contributed by atoms with Crippen LogP contribution in [0.2, 0.25) is 0 Å². The van der Waals surface area contributed by atoms with E-state index in [1.54, 1.807) is 12.1 Å². The van der Waals surface area contributed by atoms with Crippen molar-refractivity contribution in [3.63, 3.8) is 0 Å². The number of rotatable bonds is 6. The average molecular weight is 283 g/mol. The smallest absolute Gasteiger partial charge is 0.251 e. The molecule has 1 unspecified atom stereocenters. The van der Waals surface area contributed by atoms with Crippen molar-refractivity contribution in [1.82, 2.24) is 5.32 Å². The summed E-state index contributed by atoms with van der Waals surface area (Å²) in [5.74, 6) is 0.720. The molecule has 2 aromatic rings. The number of carbonyl (C=O) groups excluding carboxylic acids is 1. The fourth-order valence-corrected chi connectivity index (χ4v) is 1.88. The fourth-order valence-electron chi connectivity index (χ4n) is 1.88. The summed E-state index contributed by atoms with van der Waals surface area (Å²) in [6.07, 6.45) is 1.14. The van der Waals surface area contributed by atoms with Gasteiger partial charge in [0.1, 0.15) is 5.75 Å². The van der Waals surface area contributed by atoms with E-state index in [0.717, 1.165) is 17.7 Å². The summed E-state index contributed by atoms with van der Waals surface area (Å²) in [7, 11) is 0. The normalized spacial score (nSPS) is 11.7. The Bertz CT molecular complexity index is 564. The number of carbonyl (C=O) groups is 1. The summed E-state index contributed by atoms with van der Waals surface area (Å²) in [4.78, 5) is 12.1. The van der Waals surface area contributed by atoms with Gasteiger partial charge in [0.15, 0.2) is 0 Å². The maximum atomic E-state index is 12.1. The first-order valence-electron chi connectivity index (χ1n) is 7.28. The highest BCUT2D eigenvalue weighted by Gasteiger charge is 2.06. The lowest BCUT2D eigenvalue weighted by Crippen LogP contribution is -2.22. The van der Waals surface area contributed by atoms with Crippen LogP contribution in [0.25, 0.3) is 0 Å². The SMILES string of the molecule is CCC(C)Oc1ccc(C(=O)NCc2ccccc2)cc1. The van der Waals surface area contributed by atoms with Crippen LogP contribution >= 0.6 is 0 Å². The van der Waals surface area contributed by atoms with Gasteiger partial charge in [-0.05, 0) is 43.2 Å². The molecule has 1 N–H and O–H groups in total. The molecule has 21 heavy (non-hydrogen) atoms. The van der Waals surface area contributed by atoms with Gasteiger partial charge in [0, 0.05) is 12.1 Å². The Kier molecular flexibility index (Phi) is 5.38. The van der Waals surface area contributed by atoms with Crippen LogP contribution in [0.15, 0.2) is 54.6 Å². The zero-order valence-corrected chi connectivity index (χ0v) is 12.5. The number of benzene rings is 2. The molecule has 0 saturated heterocycles. The van der Waals surface area contributed by atoms with Crippen LogP contribution in [-0.4, -0.2) is 12.0 Å². The molecule has 0 aromatic heterocycles. The maximum Gasteiger partial charge on any atom is 0.251 e. The number of ether oxygens (including phenoxy) is 1. The second-order valence-electron chi connectivity index (χ2n) is 5.03. The van der Waals surface area contributed by atoms with Crippen molar-refractivity contribution in [3.8, 4) is 5.75 Å². The highest BCUT2D eigenvalue weighted by atomic mass is 16.5. The van der Waals surface area contributed by atoms with Crippen LogP contribution in [0.1, 0.15) is 36.2 Å². The summed E-state index contributed by atoms with van der Waals surface area (Å²) in [5, 5.41) is 2.91. The van der Waals surface area contributed by atoms with Crippen molar-refractivity contribution in [1.29, 1.82) is 0 Å². The van der Waals surface area contributed by atoms with E-state index in [0.29, 0.717) is 12.1 Å². The molecular formula is C18H21NO2. The molecule has 3 heteroatoms. The van der Waals surface area contributed by atoms with Gasteiger partial charge in [-0.3, -0.25) is 4.79 Å². The van der Waals surface area contributed by atoms with Gasteiger partial charge in [-0.15, -0.1) is 0 Å². The third-order valence-corrected chi connectivity index (χ3v) is 3.32. The van der Waals surface area contributed by atoms with E-state index < -0.39 is 0 Å². The minimum absolute atomic E-state index is 0.0751. The quantitative estimate of drug-likeness (QED) is 0.876. The molecule has 0 radical (unpaired) electrons. The van der Waals surface area contributed by atoms with Crippen molar-refractivity contribution < 1.29 is 9.53 Å². The number of hydrogen-bond acceptors (Lipinski definition) is 2. The maximum absolute atomic E-state index is 12.1. The second kappa shape index (κ2) is 7.48. The first kappa shape index (κ1) is 15.1. The third kappa shape index (κ3) is 4.63. The van der Waals surface area contributed by atoms with E-state index in [-0.39, 0.29) is 12.0 Å². The van der Waals surface area contributed by atoms with Crippen LogP contribution in [-0.2, 0) is 6.54 Å². The minimum atomic E-state index is -0.0751. The molecule has 0 heterocycles. The lowest BCUT2D eigenvalue weighted by molar-refractivity contribution is 0.0951. The molecule has 2 aromatic carbocycles. The van der Waals surface area contributed by atoms with E-state index >= 15 is 0 Å². The van der Waals surface area contributed by atoms with E-state index in [1.165, 1.54) is 0 Å². The molecule has 0 aliphatic carbocycles. The van der Waals surface area contributed by atoms with Crippen LogP contribution in [0.5, 0.6) is 5.75 Å². The van der Waals surface area contributed by atoms with Crippen LogP contribution in [0.4, 0.5) is 0 Å². The average Bonchev–Trinajstić information content (AvgIpc) is 2.54. The van der Waals surface area contributed by atoms with Crippen molar-refractivity contribution in [3.05, 3.63) is 65.7 Å². The van der Waals surface area contributed by atoms with E-state index in [1.807, 2.05) is 49.4 Å². The van der Waals surface area contributed by atoms with Gasteiger partial charge in [-0.25, -0.2) is 0 Å². The summed E-state index contributed by atoms with van der Waals surface area (Å²) < 4.78 is 5.70. The molecule has 0 aliphatic heterocycles. The Morgan fingerprint density at radius 3 is 2.38 bits per heavy atom. The highest BCUT2D eigenvalue weighted by Crippen LogP contribution is 2.15. The lowest BCUT2D eigenvalue weighted by Gasteiger charge is -2.12. The molecule has 3 nitrogen and oxygen atoms in total. The van der Waals surface area contributed by atoms with Crippen molar-refractivity contribution in [2.24, 2.45) is 0 Å². The molecule has 0 bridgehead atoms. The predicted octanol–water partition coefficient (Wildman–Crippen LogP) is 3.79. The number of nitrogens with one attached hydrogen (secondary N) is 1. The molecule has 2 rings (SSSR count). The molecule has 0 aliphatic rings. The number of hydrogen-bond donors (Lipinski definition) is 1. The molecule has 0 fully saturated rings. The Balaban J connectivity index is 1.90. The van der Waals surface area contributed by atoms with Crippen molar-refractivity contribution in [2.45, 2.75) is 32.9 Å². The zero-order chi connectivity index (χ0) is 15.1. The van der Waals surface area contributed by atoms with Gasteiger partial charge in [-0.1, -0.05) is 37.3 Å². The summed E-state index contributed by atoms with van der Waals surface area (Å²) in [6, 6.07) is 17.1. The van der Waals surface area contributed by atoms with Crippen molar-refractivity contribution >= 4 is 5.91 Å². The molecular weight excluding hydrogens is 262 g/mol. The second-order valence-corrected chi connectivity index (χ2v) is 5.03. The van der Waals surface area contributed by atoms with Crippen molar-refractivity contribution in [2.75, 3.05) is 0 Å². The lowest BCUT2D eigenvalue weighted by atomic mass is 10.2. The van der Waals surface area contributed by atoms with Gasteiger partial charge in [0.2, 0.25) is 0 Å². The summed E-state index contributed by atoms with van der Waals surface area (Å²) in [6.45, 7) is 4.64. The Morgan fingerprint density at radius 2 is 1.76 bits per heavy atom. The van der Waals surface area contributed by atoms with Crippen LogP contribution < -0.4 is 10.1 Å². The first-order valence-corrected chi connectivity index (χ1v) is 7.28. The molecule has 0 saturated carbocycles. The van der Waals surface area contributed by atoms with Crippen LogP contribution in [0.3, 0.4) is 0 Å². The van der Waals surface area contributed by atoms with Gasteiger partial charge in [0.05, 0.1) is 6.10 Å². The van der Waals surface area contributed by atoms with Gasteiger partial charge in [0.25, 0.3) is 5.91 Å². The topological polar surface area (TPSA) is 38.3 Å². The monoisotopic (exact) mass is 283 g/mol.